The molecule has 1 atom stereocenters. The smallest absolute Gasteiger partial charge is 0.0593 e. The zero-order valence-electron chi connectivity index (χ0n) is 10.8. The Bertz CT molecular complexity index is 173. The highest BCUT2D eigenvalue weighted by molar-refractivity contribution is 4.71. The molecule has 1 aliphatic heterocycles. The van der Waals surface area contributed by atoms with Crippen molar-refractivity contribution in [3.8, 4) is 0 Å². The van der Waals surface area contributed by atoms with E-state index in [1.165, 1.54) is 19.4 Å². The summed E-state index contributed by atoms with van der Waals surface area (Å²) in [6, 6.07) is 0. The lowest BCUT2D eigenvalue weighted by atomic mass is 9.99. The molecule has 3 heteroatoms. The fourth-order valence-corrected chi connectivity index (χ4v) is 2.12. The van der Waals surface area contributed by atoms with Crippen molar-refractivity contribution in [2.45, 2.75) is 33.1 Å². The molecule has 0 aromatic rings. The molecule has 1 saturated heterocycles. The fraction of sp³-hybridized carbons (Fsp3) is 1.00. The quantitative estimate of drug-likeness (QED) is 0.675. The summed E-state index contributed by atoms with van der Waals surface area (Å²) in [6.07, 6.45) is 3.55. The summed E-state index contributed by atoms with van der Waals surface area (Å²) in [6.45, 7) is 9.74. The topological polar surface area (TPSA) is 32.7 Å². The fourth-order valence-electron chi connectivity index (χ4n) is 2.12. The normalized spacial score (nSPS) is 22.9. The highest BCUT2D eigenvalue weighted by atomic mass is 16.5. The second kappa shape index (κ2) is 8.04. The molecule has 0 aliphatic carbocycles. The molecule has 0 spiro atoms. The third kappa shape index (κ3) is 5.83. The molecule has 0 radical (unpaired) electrons. The van der Waals surface area contributed by atoms with E-state index >= 15 is 0 Å². The van der Waals surface area contributed by atoms with Gasteiger partial charge >= 0.3 is 0 Å². The first-order valence-corrected chi connectivity index (χ1v) is 6.63. The molecule has 0 aromatic carbocycles. The molecule has 0 bridgehead atoms. The minimum atomic E-state index is 0.338. The number of nitrogens with zero attached hydrogens (tertiary/aromatic N) is 1. The second-order valence-corrected chi connectivity index (χ2v) is 5.29. The summed E-state index contributed by atoms with van der Waals surface area (Å²) in [5.41, 5.74) is 0. The van der Waals surface area contributed by atoms with Gasteiger partial charge in [-0.1, -0.05) is 13.8 Å². The first-order chi connectivity index (χ1) is 7.72. The molecule has 16 heavy (non-hydrogen) atoms. The maximum atomic E-state index is 9.12. The summed E-state index contributed by atoms with van der Waals surface area (Å²) in [5.74, 6) is 1.22. The van der Waals surface area contributed by atoms with E-state index in [-0.39, 0.29) is 0 Å². The minimum absolute atomic E-state index is 0.338. The zero-order chi connectivity index (χ0) is 11.8. The molecule has 1 heterocycles. The lowest BCUT2D eigenvalue weighted by Crippen LogP contribution is -2.38. The van der Waals surface area contributed by atoms with Gasteiger partial charge in [-0.2, -0.15) is 0 Å². The minimum Gasteiger partial charge on any atom is -0.396 e. The predicted molar refractivity (Wildman–Crippen MR) is 66.5 cm³/mol. The Morgan fingerprint density at radius 1 is 1.38 bits per heavy atom. The Balaban J connectivity index is 1.99. The van der Waals surface area contributed by atoms with E-state index in [2.05, 4.69) is 18.7 Å². The third-order valence-corrected chi connectivity index (χ3v) is 3.25. The van der Waals surface area contributed by atoms with Crippen LogP contribution in [-0.2, 0) is 4.74 Å². The number of hydrogen-bond donors (Lipinski definition) is 1. The van der Waals surface area contributed by atoms with Gasteiger partial charge in [-0.05, 0) is 37.6 Å². The van der Waals surface area contributed by atoms with Crippen molar-refractivity contribution in [3.05, 3.63) is 0 Å². The molecule has 1 aliphatic rings. The molecule has 0 saturated carbocycles. The van der Waals surface area contributed by atoms with Crippen LogP contribution in [0, 0.1) is 11.8 Å². The maximum absolute atomic E-state index is 9.12. The van der Waals surface area contributed by atoms with Gasteiger partial charge in [-0.25, -0.2) is 0 Å². The van der Waals surface area contributed by atoms with E-state index in [0.29, 0.717) is 12.5 Å². The lowest BCUT2D eigenvalue weighted by molar-refractivity contribution is 0.0677. The Morgan fingerprint density at radius 3 is 2.88 bits per heavy atom. The molecule has 1 fully saturated rings. The summed E-state index contributed by atoms with van der Waals surface area (Å²) in [4.78, 5) is 2.42. The standard InChI is InChI=1S/C13H27NO2/c1-12(2)5-8-16-9-7-14-6-3-4-13(10-14)11-15/h12-13,15H,3-11H2,1-2H3. The van der Waals surface area contributed by atoms with Crippen LogP contribution in [0.25, 0.3) is 0 Å². The number of hydrogen-bond acceptors (Lipinski definition) is 3. The van der Waals surface area contributed by atoms with Crippen LogP contribution in [0.3, 0.4) is 0 Å². The molecule has 96 valence electrons. The van der Waals surface area contributed by atoms with Crippen LogP contribution in [0.2, 0.25) is 0 Å². The predicted octanol–water partition coefficient (Wildman–Crippen LogP) is 1.75. The monoisotopic (exact) mass is 229 g/mol. The van der Waals surface area contributed by atoms with Crippen LogP contribution in [0.5, 0.6) is 0 Å². The highest BCUT2D eigenvalue weighted by Crippen LogP contribution is 2.15. The van der Waals surface area contributed by atoms with E-state index in [1.54, 1.807) is 0 Å². The number of aliphatic hydroxyl groups excluding tert-OH is 1. The van der Waals surface area contributed by atoms with Crippen LogP contribution in [0.1, 0.15) is 33.1 Å². The second-order valence-electron chi connectivity index (χ2n) is 5.29. The molecule has 0 aromatic heterocycles. The van der Waals surface area contributed by atoms with Gasteiger partial charge in [0.05, 0.1) is 6.61 Å². The molecule has 0 amide bonds. The van der Waals surface area contributed by atoms with Gasteiger partial charge in [0.25, 0.3) is 0 Å². The average molecular weight is 229 g/mol. The molecular weight excluding hydrogens is 202 g/mol. The largest absolute Gasteiger partial charge is 0.396 e. The molecular formula is C13H27NO2. The van der Waals surface area contributed by atoms with Crippen molar-refractivity contribution in [2.24, 2.45) is 11.8 Å². The van der Waals surface area contributed by atoms with Crippen molar-refractivity contribution in [1.29, 1.82) is 0 Å². The van der Waals surface area contributed by atoms with Gasteiger partial charge in [0.1, 0.15) is 0 Å². The number of aliphatic hydroxyl groups is 1. The number of likely N-dealkylation sites (tertiary alicyclic amines) is 1. The van der Waals surface area contributed by atoms with E-state index in [1.807, 2.05) is 0 Å². The molecule has 1 rings (SSSR count). The number of piperidine rings is 1. The maximum Gasteiger partial charge on any atom is 0.0593 e. The first kappa shape index (κ1) is 13.9. The van der Waals surface area contributed by atoms with Crippen LogP contribution in [0.15, 0.2) is 0 Å². The van der Waals surface area contributed by atoms with Crippen LogP contribution in [-0.4, -0.2) is 49.5 Å². The average Bonchev–Trinajstić information content (AvgIpc) is 2.28. The Morgan fingerprint density at radius 2 is 2.19 bits per heavy atom. The van der Waals surface area contributed by atoms with Gasteiger partial charge in [-0.15, -0.1) is 0 Å². The summed E-state index contributed by atoms with van der Waals surface area (Å²) < 4.78 is 5.61. The highest BCUT2D eigenvalue weighted by Gasteiger charge is 2.18. The van der Waals surface area contributed by atoms with E-state index < -0.39 is 0 Å². The first-order valence-electron chi connectivity index (χ1n) is 6.63. The molecule has 1 unspecified atom stereocenters. The van der Waals surface area contributed by atoms with Gasteiger partial charge < -0.3 is 14.7 Å². The van der Waals surface area contributed by atoms with Crippen molar-refractivity contribution >= 4 is 0 Å². The van der Waals surface area contributed by atoms with Crippen molar-refractivity contribution in [2.75, 3.05) is 39.5 Å². The zero-order valence-corrected chi connectivity index (χ0v) is 10.8. The summed E-state index contributed by atoms with van der Waals surface area (Å²) in [5, 5.41) is 9.12. The summed E-state index contributed by atoms with van der Waals surface area (Å²) >= 11 is 0. The SMILES string of the molecule is CC(C)CCOCCN1CCCC(CO)C1. The van der Waals surface area contributed by atoms with Crippen LogP contribution < -0.4 is 0 Å². The van der Waals surface area contributed by atoms with Gasteiger partial charge in [-0.3, -0.25) is 0 Å². The van der Waals surface area contributed by atoms with Gasteiger partial charge in [0.15, 0.2) is 0 Å². The Kier molecular flexibility index (Phi) is 7.01. The van der Waals surface area contributed by atoms with Crippen molar-refractivity contribution in [1.82, 2.24) is 4.90 Å². The number of rotatable bonds is 7. The lowest BCUT2D eigenvalue weighted by Gasteiger charge is -2.31. The van der Waals surface area contributed by atoms with E-state index in [9.17, 15) is 0 Å². The Hall–Kier alpha value is -0.120. The molecule has 1 N–H and O–H groups in total. The number of ether oxygens (including phenoxy) is 1. The van der Waals surface area contributed by atoms with Crippen LogP contribution in [0.4, 0.5) is 0 Å². The van der Waals surface area contributed by atoms with Gasteiger partial charge in [0, 0.05) is 26.3 Å². The molecule has 3 nitrogen and oxygen atoms in total. The summed E-state index contributed by atoms with van der Waals surface area (Å²) in [7, 11) is 0. The van der Waals surface area contributed by atoms with Crippen LogP contribution >= 0.6 is 0 Å². The third-order valence-electron chi connectivity index (χ3n) is 3.25. The van der Waals surface area contributed by atoms with Crippen molar-refractivity contribution in [3.63, 3.8) is 0 Å². The van der Waals surface area contributed by atoms with Gasteiger partial charge in [0.2, 0.25) is 0 Å². The van der Waals surface area contributed by atoms with Crippen molar-refractivity contribution < 1.29 is 9.84 Å². The Labute approximate surface area is 99.8 Å². The van der Waals surface area contributed by atoms with E-state index in [0.717, 1.165) is 38.6 Å². The van der Waals surface area contributed by atoms with E-state index in [4.69, 9.17) is 9.84 Å².